The van der Waals surface area contributed by atoms with Gasteiger partial charge in [-0.05, 0) is 60.2 Å². The number of aliphatic imine (C=N–C) groups is 1. The van der Waals surface area contributed by atoms with Crippen molar-refractivity contribution in [3.05, 3.63) is 89.9 Å². The quantitative estimate of drug-likeness (QED) is 0.624. The summed E-state index contributed by atoms with van der Waals surface area (Å²) in [5, 5.41) is 0. The van der Waals surface area contributed by atoms with Gasteiger partial charge in [-0.2, -0.15) is 0 Å². The molecule has 6 nitrogen and oxygen atoms in total. The van der Waals surface area contributed by atoms with E-state index < -0.39 is 0 Å². The molecule has 0 unspecified atom stereocenters. The second-order valence-corrected chi connectivity index (χ2v) is 6.28. The van der Waals surface area contributed by atoms with Crippen LogP contribution in [0.3, 0.4) is 0 Å². The van der Waals surface area contributed by atoms with Crippen LogP contribution in [0.15, 0.2) is 83.7 Å². The van der Waals surface area contributed by atoms with Gasteiger partial charge in [0.05, 0.1) is 25.5 Å². The van der Waals surface area contributed by atoms with Crippen molar-refractivity contribution in [2.75, 3.05) is 19.1 Å². The van der Waals surface area contributed by atoms with E-state index in [9.17, 15) is 4.79 Å². The average Bonchev–Trinajstić information content (AvgIpc) is 3.10. The Bertz CT molecular complexity index is 1090. The van der Waals surface area contributed by atoms with E-state index in [-0.39, 0.29) is 5.91 Å². The summed E-state index contributed by atoms with van der Waals surface area (Å²) in [6, 6.07) is 18.4. The molecule has 0 radical (unpaired) electrons. The lowest BCUT2D eigenvalue weighted by Gasteiger charge is -2.20. The molecule has 0 spiro atoms. The largest absolute Gasteiger partial charge is 0.497 e. The van der Waals surface area contributed by atoms with Crippen LogP contribution >= 0.6 is 0 Å². The zero-order chi connectivity index (χ0) is 20.2. The predicted octanol–water partition coefficient (Wildman–Crippen LogP) is 3.93. The van der Waals surface area contributed by atoms with Gasteiger partial charge in [0.2, 0.25) is 0 Å². The third-order valence-corrected chi connectivity index (χ3v) is 4.55. The molecule has 2 aromatic carbocycles. The summed E-state index contributed by atoms with van der Waals surface area (Å²) >= 11 is 0. The molecule has 0 saturated carbocycles. The minimum Gasteiger partial charge on any atom is -0.497 e. The normalized spacial score (nSPS) is 14.8. The number of carbonyl (C=O) groups is 1. The van der Waals surface area contributed by atoms with Crippen molar-refractivity contribution in [2.24, 2.45) is 4.99 Å². The van der Waals surface area contributed by atoms with Gasteiger partial charge in [0.25, 0.3) is 5.91 Å². The van der Waals surface area contributed by atoms with Gasteiger partial charge in [-0.3, -0.25) is 14.7 Å². The SMILES string of the molecule is COc1ccc(N2C(=O)/C(=C\c3ccncc3)N=C2c2ccccc2OC)cc1. The summed E-state index contributed by atoms with van der Waals surface area (Å²) in [5.74, 6) is 1.65. The maximum atomic E-state index is 13.3. The Labute approximate surface area is 168 Å². The number of pyridine rings is 1. The van der Waals surface area contributed by atoms with Crippen molar-refractivity contribution in [1.29, 1.82) is 0 Å². The molecule has 1 aliphatic heterocycles. The van der Waals surface area contributed by atoms with Gasteiger partial charge in [-0.15, -0.1) is 0 Å². The third kappa shape index (κ3) is 3.60. The topological polar surface area (TPSA) is 64.0 Å². The number of methoxy groups -OCH3 is 2. The number of benzene rings is 2. The number of amides is 1. The Morgan fingerprint density at radius 2 is 1.62 bits per heavy atom. The molecule has 4 rings (SSSR count). The summed E-state index contributed by atoms with van der Waals surface area (Å²) in [6.45, 7) is 0. The van der Waals surface area contributed by atoms with Crippen LogP contribution in [0.25, 0.3) is 6.08 Å². The van der Waals surface area contributed by atoms with E-state index in [1.54, 1.807) is 37.6 Å². The maximum Gasteiger partial charge on any atom is 0.282 e. The van der Waals surface area contributed by atoms with E-state index in [1.807, 2.05) is 60.7 Å². The zero-order valence-electron chi connectivity index (χ0n) is 16.1. The van der Waals surface area contributed by atoms with Crippen molar-refractivity contribution < 1.29 is 14.3 Å². The first-order valence-corrected chi connectivity index (χ1v) is 9.03. The number of ether oxygens (including phenoxy) is 2. The number of rotatable bonds is 5. The first-order valence-electron chi connectivity index (χ1n) is 9.03. The van der Waals surface area contributed by atoms with Gasteiger partial charge in [-0.1, -0.05) is 12.1 Å². The van der Waals surface area contributed by atoms with Crippen LogP contribution in [0, 0.1) is 0 Å². The van der Waals surface area contributed by atoms with Crippen LogP contribution in [0.1, 0.15) is 11.1 Å². The van der Waals surface area contributed by atoms with Crippen LogP contribution in [-0.4, -0.2) is 30.9 Å². The number of hydrogen-bond acceptors (Lipinski definition) is 5. The zero-order valence-corrected chi connectivity index (χ0v) is 16.1. The lowest BCUT2D eigenvalue weighted by Crippen LogP contribution is -2.32. The summed E-state index contributed by atoms with van der Waals surface area (Å²) in [7, 11) is 3.20. The minimum absolute atomic E-state index is 0.215. The highest BCUT2D eigenvalue weighted by Crippen LogP contribution is 2.31. The van der Waals surface area contributed by atoms with E-state index in [4.69, 9.17) is 9.47 Å². The lowest BCUT2D eigenvalue weighted by atomic mass is 10.1. The number of aromatic nitrogens is 1. The summed E-state index contributed by atoms with van der Waals surface area (Å²) in [5.41, 5.74) is 2.62. The van der Waals surface area contributed by atoms with E-state index in [2.05, 4.69) is 9.98 Å². The molecular formula is C23H19N3O3. The van der Waals surface area contributed by atoms with Crippen molar-refractivity contribution in [3.8, 4) is 11.5 Å². The van der Waals surface area contributed by atoms with Crippen LogP contribution in [0.2, 0.25) is 0 Å². The Kier molecular flexibility index (Phi) is 5.07. The smallest absolute Gasteiger partial charge is 0.282 e. The first-order chi connectivity index (χ1) is 14.2. The summed E-state index contributed by atoms with van der Waals surface area (Å²) < 4.78 is 10.7. The number of amidine groups is 1. The van der Waals surface area contributed by atoms with Crippen LogP contribution in [-0.2, 0) is 4.79 Å². The number of hydrogen-bond donors (Lipinski definition) is 0. The number of nitrogens with zero attached hydrogens (tertiary/aromatic N) is 3. The van der Waals surface area contributed by atoms with E-state index in [0.29, 0.717) is 28.7 Å². The minimum atomic E-state index is -0.215. The molecule has 1 aromatic heterocycles. The first kappa shape index (κ1) is 18.4. The number of anilines is 1. The lowest BCUT2D eigenvalue weighted by molar-refractivity contribution is -0.113. The van der Waals surface area contributed by atoms with Gasteiger partial charge in [-0.25, -0.2) is 4.99 Å². The molecule has 29 heavy (non-hydrogen) atoms. The average molecular weight is 385 g/mol. The van der Waals surface area contributed by atoms with Crippen LogP contribution < -0.4 is 14.4 Å². The van der Waals surface area contributed by atoms with Gasteiger partial charge in [0.1, 0.15) is 17.2 Å². The second-order valence-electron chi connectivity index (χ2n) is 6.28. The van der Waals surface area contributed by atoms with Gasteiger partial charge < -0.3 is 9.47 Å². The summed E-state index contributed by atoms with van der Waals surface area (Å²) in [4.78, 5) is 23.6. The standard InChI is InChI=1S/C23H19N3O3/c1-28-18-9-7-17(8-10-18)26-22(19-5-3-4-6-21(19)29-2)25-20(23(26)27)15-16-11-13-24-14-12-16/h3-15H,1-2H3/b20-15+. The molecule has 0 aliphatic carbocycles. The van der Waals surface area contributed by atoms with Crippen molar-refractivity contribution in [1.82, 2.24) is 4.98 Å². The number of carbonyl (C=O) groups excluding carboxylic acids is 1. The fourth-order valence-corrected chi connectivity index (χ4v) is 3.12. The Balaban J connectivity index is 1.84. The van der Waals surface area contributed by atoms with Crippen LogP contribution in [0.4, 0.5) is 5.69 Å². The summed E-state index contributed by atoms with van der Waals surface area (Å²) in [6.07, 6.45) is 5.11. The molecule has 144 valence electrons. The van der Waals surface area contributed by atoms with Crippen molar-refractivity contribution in [2.45, 2.75) is 0 Å². The van der Waals surface area contributed by atoms with Crippen molar-refractivity contribution >= 4 is 23.5 Å². The molecular weight excluding hydrogens is 366 g/mol. The van der Waals surface area contributed by atoms with Gasteiger partial charge in [0.15, 0.2) is 5.84 Å². The Morgan fingerprint density at radius 3 is 2.31 bits per heavy atom. The molecule has 1 amide bonds. The molecule has 0 N–H and O–H groups in total. The third-order valence-electron chi connectivity index (χ3n) is 4.55. The van der Waals surface area contributed by atoms with Gasteiger partial charge in [0, 0.05) is 12.4 Å². The highest BCUT2D eigenvalue weighted by atomic mass is 16.5. The highest BCUT2D eigenvalue weighted by Gasteiger charge is 2.33. The molecule has 0 saturated heterocycles. The molecule has 0 fully saturated rings. The molecule has 2 heterocycles. The predicted molar refractivity (Wildman–Crippen MR) is 112 cm³/mol. The molecule has 6 heteroatoms. The highest BCUT2D eigenvalue weighted by molar-refractivity contribution is 6.33. The van der Waals surface area contributed by atoms with E-state index in [1.165, 1.54) is 0 Å². The molecule has 1 aliphatic rings. The van der Waals surface area contributed by atoms with E-state index >= 15 is 0 Å². The fourth-order valence-electron chi connectivity index (χ4n) is 3.12. The van der Waals surface area contributed by atoms with Crippen molar-refractivity contribution in [3.63, 3.8) is 0 Å². The van der Waals surface area contributed by atoms with Crippen LogP contribution in [0.5, 0.6) is 11.5 Å². The van der Waals surface area contributed by atoms with Gasteiger partial charge >= 0.3 is 0 Å². The number of para-hydroxylation sites is 1. The molecule has 3 aromatic rings. The molecule has 0 atom stereocenters. The second kappa shape index (κ2) is 7.98. The fraction of sp³-hybridized carbons (Fsp3) is 0.0870. The Hall–Kier alpha value is -3.93. The van der Waals surface area contributed by atoms with E-state index in [0.717, 1.165) is 11.1 Å². The Morgan fingerprint density at radius 1 is 0.897 bits per heavy atom. The maximum absolute atomic E-state index is 13.3. The monoisotopic (exact) mass is 385 g/mol. The molecule has 0 bridgehead atoms.